The zero-order valence-electron chi connectivity index (χ0n) is 7.24. The molecule has 0 unspecified atom stereocenters. The summed E-state index contributed by atoms with van der Waals surface area (Å²) in [5.74, 6) is 0.145. The third-order valence-electron chi connectivity index (χ3n) is 1.76. The van der Waals surface area contributed by atoms with Crippen LogP contribution in [0.5, 0.6) is 5.75 Å². The lowest BCUT2D eigenvalue weighted by Crippen LogP contribution is -1.92. The van der Waals surface area contributed by atoms with Crippen LogP contribution in [0.4, 0.5) is 0 Å². The molecule has 0 saturated carbocycles. The molecule has 68 valence electrons. The fourth-order valence-corrected chi connectivity index (χ4v) is 0.968. The first-order valence-corrected chi connectivity index (χ1v) is 3.94. The Morgan fingerprint density at radius 2 is 1.92 bits per heavy atom. The molecule has 1 rings (SSSR count). The van der Waals surface area contributed by atoms with E-state index in [0.717, 1.165) is 5.56 Å². The van der Waals surface area contributed by atoms with Gasteiger partial charge in [0.2, 0.25) is 5.43 Å². The number of aromatic hydroxyl groups is 1. The van der Waals surface area contributed by atoms with Crippen LogP contribution >= 0.6 is 0 Å². The zero-order chi connectivity index (χ0) is 9.14. The highest BCUT2D eigenvalue weighted by atomic mass is 24.3. The number of rotatable bonds is 1. The SMILES string of the molecule is CC(C)c1cccc(=O)c(O)c1.[MgH2]. The molecule has 1 aromatic rings. The molecule has 1 N–H and O–H groups in total. The number of hydrogen-bond donors (Lipinski definition) is 1. The van der Waals surface area contributed by atoms with Crippen LogP contribution in [0, 0.1) is 0 Å². The van der Waals surface area contributed by atoms with Gasteiger partial charge in [0.1, 0.15) is 0 Å². The lowest BCUT2D eigenvalue weighted by molar-refractivity contribution is 0.470. The first-order valence-electron chi connectivity index (χ1n) is 3.94. The second-order valence-electron chi connectivity index (χ2n) is 3.07. The first-order chi connectivity index (χ1) is 5.61. The molecule has 0 aliphatic heterocycles. The average Bonchev–Trinajstić information content (AvgIpc) is 2.15. The van der Waals surface area contributed by atoms with Crippen molar-refractivity contribution in [1.29, 1.82) is 0 Å². The van der Waals surface area contributed by atoms with Crippen LogP contribution in [0.25, 0.3) is 0 Å². The van der Waals surface area contributed by atoms with Crippen LogP contribution in [0.3, 0.4) is 0 Å². The zero-order valence-corrected chi connectivity index (χ0v) is 7.24. The van der Waals surface area contributed by atoms with Crippen molar-refractivity contribution in [3.63, 3.8) is 0 Å². The van der Waals surface area contributed by atoms with Crippen molar-refractivity contribution in [3.8, 4) is 5.75 Å². The third-order valence-corrected chi connectivity index (χ3v) is 1.76. The van der Waals surface area contributed by atoms with Crippen molar-refractivity contribution in [2.75, 3.05) is 0 Å². The highest BCUT2D eigenvalue weighted by molar-refractivity contribution is 5.75. The van der Waals surface area contributed by atoms with Gasteiger partial charge in [-0.1, -0.05) is 26.0 Å². The fraction of sp³-hybridized carbons (Fsp3) is 0.300. The summed E-state index contributed by atoms with van der Waals surface area (Å²) in [6.07, 6.45) is 0. The minimum absolute atomic E-state index is 0. The van der Waals surface area contributed by atoms with Crippen molar-refractivity contribution in [2.24, 2.45) is 0 Å². The van der Waals surface area contributed by atoms with E-state index in [1.54, 1.807) is 6.07 Å². The van der Waals surface area contributed by atoms with Crippen molar-refractivity contribution in [1.82, 2.24) is 0 Å². The van der Waals surface area contributed by atoms with E-state index in [4.69, 9.17) is 0 Å². The van der Waals surface area contributed by atoms with Gasteiger partial charge in [-0.2, -0.15) is 0 Å². The van der Waals surface area contributed by atoms with Gasteiger partial charge >= 0.3 is 23.1 Å². The third kappa shape index (κ3) is 3.36. The van der Waals surface area contributed by atoms with Crippen molar-refractivity contribution < 1.29 is 5.11 Å². The summed E-state index contributed by atoms with van der Waals surface area (Å²) in [5, 5.41) is 9.20. The van der Waals surface area contributed by atoms with Crippen LogP contribution in [-0.2, 0) is 0 Å². The van der Waals surface area contributed by atoms with Crippen molar-refractivity contribution >= 4 is 23.1 Å². The monoisotopic (exact) mass is 190 g/mol. The lowest BCUT2D eigenvalue weighted by atomic mass is 10.1. The summed E-state index contributed by atoms with van der Waals surface area (Å²) in [7, 11) is 0. The van der Waals surface area contributed by atoms with Gasteiger partial charge in [-0.3, -0.25) is 4.79 Å². The molecule has 0 saturated heterocycles. The molecule has 0 aliphatic carbocycles. The molecular weight excluding hydrogens is 176 g/mol. The van der Waals surface area contributed by atoms with Crippen LogP contribution in [0.15, 0.2) is 29.1 Å². The van der Waals surface area contributed by atoms with Gasteiger partial charge in [0.15, 0.2) is 5.75 Å². The highest BCUT2D eigenvalue weighted by Gasteiger charge is 1.99. The largest absolute Gasteiger partial charge is 0.504 e. The van der Waals surface area contributed by atoms with Crippen LogP contribution in [0.2, 0.25) is 0 Å². The summed E-state index contributed by atoms with van der Waals surface area (Å²) in [6, 6.07) is 6.39. The fourth-order valence-electron chi connectivity index (χ4n) is 0.968. The van der Waals surface area contributed by atoms with Crippen LogP contribution in [0.1, 0.15) is 25.3 Å². The standard InChI is InChI=1S/C10H12O2.Mg.2H/c1-7(2)8-4-3-5-9(11)10(12)6-8;;;/h3-7H,1-2H3,(H,11,12);;;. The quantitative estimate of drug-likeness (QED) is 0.670. The summed E-state index contributed by atoms with van der Waals surface area (Å²) in [6.45, 7) is 4.03. The van der Waals surface area contributed by atoms with E-state index in [1.165, 1.54) is 12.1 Å². The average molecular weight is 191 g/mol. The van der Waals surface area contributed by atoms with E-state index >= 15 is 0 Å². The Bertz CT molecular complexity index is 334. The van der Waals surface area contributed by atoms with Gasteiger partial charge in [0.05, 0.1) is 0 Å². The van der Waals surface area contributed by atoms with Gasteiger partial charge < -0.3 is 5.11 Å². The molecule has 0 aromatic heterocycles. The Labute approximate surface area is 93.8 Å². The molecule has 13 heavy (non-hydrogen) atoms. The number of hydrogen-bond acceptors (Lipinski definition) is 2. The van der Waals surface area contributed by atoms with E-state index in [2.05, 4.69) is 0 Å². The van der Waals surface area contributed by atoms with E-state index < -0.39 is 0 Å². The molecule has 0 amide bonds. The van der Waals surface area contributed by atoms with Gasteiger partial charge in [0, 0.05) is 0 Å². The molecule has 0 radical (unpaired) electrons. The molecular formula is C10H14MgO2. The Morgan fingerprint density at radius 1 is 1.31 bits per heavy atom. The van der Waals surface area contributed by atoms with E-state index in [-0.39, 0.29) is 34.2 Å². The highest BCUT2D eigenvalue weighted by Crippen LogP contribution is 2.14. The second kappa shape index (κ2) is 5.24. The van der Waals surface area contributed by atoms with E-state index in [1.807, 2.05) is 19.9 Å². The van der Waals surface area contributed by atoms with Crippen molar-refractivity contribution in [3.05, 3.63) is 40.1 Å². The summed E-state index contributed by atoms with van der Waals surface area (Å²) in [4.78, 5) is 10.9. The molecule has 0 bridgehead atoms. The van der Waals surface area contributed by atoms with E-state index in [9.17, 15) is 9.90 Å². The Hall–Kier alpha value is -0.544. The molecule has 2 nitrogen and oxygen atoms in total. The predicted octanol–water partition coefficient (Wildman–Crippen LogP) is 0.960. The second-order valence-corrected chi connectivity index (χ2v) is 3.07. The summed E-state index contributed by atoms with van der Waals surface area (Å²) < 4.78 is 0. The van der Waals surface area contributed by atoms with Gasteiger partial charge in [0.25, 0.3) is 0 Å². The van der Waals surface area contributed by atoms with Crippen LogP contribution < -0.4 is 5.43 Å². The molecule has 0 heterocycles. The topological polar surface area (TPSA) is 37.3 Å². The Balaban J connectivity index is 0.00000144. The van der Waals surface area contributed by atoms with Crippen LogP contribution in [-0.4, -0.2) is 28.2 Å². The molecule has 0 fully saturated rings. The normalized spacial score (nSPS) is 9.46. The van der Waals surface area contributed by atoms with Gasteiger partial charge in [-0.25, -0.2) is 0 Å². The minimum Gasteiger partial charge on any atom is -0.504 e. The molecule has 1 aromatic carbocycles. The summed E-state index contributed by atoms with van der Waals surface area (Å²) >= 11 is 0. The minimum atomic E-state index is -0.332. The molecule has 0 aliphatic rings. The van der Waals surface area contributed by atoms with E-state index in [0.29, 0.717) is 5.92 Å². The van der Waals surface area contributed by atoms with Crippen molar-refractivity contribution in [2.45, 2.75) is 19.8 Å². The van der Waals surface area contributed by atoms with Gasteiger partial charge in [-0.15, -0.1) is 0 Å². The lowest BCUT2D eigenvalue weighted by Gasteiger charge is -2.00. The maximum Gasteiger partial charge on any atom is 0.316 e. The Morgan fingerprint density at radius 3 is 2.46 bits per heavy atom. The smallest absolute Gasteiger partial charge is 0.316 e. The summed E-state index contributed by atoms with van der Waals surface area (Å²) in [5.41, 5.74) is 0.636. The first kappa shape index (κ1) is 12.5. The maximum atomic E-state index is 10.9. The maximum absolute atomic E-state index is 10.9. The molecule has 0 spiro atoms. The Kier molecular flexibility index (Phi) is 5.02. The van der Waals surface area contributed by atoms with Gasteiger partial charge in [-0.05, 0) is 23.6 Å². The molecule has 0 atom stereocenters. The predicted molar refractivity (Wildman–Crippen MR) is 57.0 cm³/mol. The molecule has 3 heteroatoms.